The van der Waals surface area contributed by atoms with Gasteiger partial charge >= 0.3 is 0 Å². The van der Waals surface area contributed by atoms with Crippen molar-refractivity contribution in [2.75, 3.05) is 38.2 Å². The number of halogens is 1. The van der Waals surface area contributed by atoms with Gasteiger partial charge in [-0.05, 0) is 42.5 Å². The largest absolute Gasteiger partial charge is 0.482 e. The van der Waals surface area contributed by atoms with Crippen LogP contribution in [0.4, 0.5) is 5.69 Å². The quantitative estimate of drug-likeness (QED) is 0.471. The third-order valence-corrected chi connectivity index (χ3v) is 8.28. The van der Waals surface area contributed by atoms with Crippen molar-refractivity contribution in [3.63, 3.8) is 0 Å². The van der Waals surface area contributed by atoms with E-state index in [9.17, 15) is 13.2 Å². The Bertz CT molecular complexity index is 1250. The Balaban J connectivity index is 1.38. The first kappa shape index (κ1) is 24.6. The molecule has 0 bridgehead atoms. The summed E-state index contributed by atoms with van der Waals surface area (Å²) in [5.74, 6) is -0.133. The number of hydrogen-bond donors (Lipinski definition) is 1. The topological polar surface area (TPSA) is 84.9 Å². The molecule has 10 heteroatoms. The molecule has 178 valence electrons. The first-order valence-electron chi connectivity index (χ1n) is 10.6. The molecule has 1 aliphatic heterocycles. The number of carbonyl (C=O) groups excluding carboxylic acids is 1. The highest BCUT2D eigenvalue weighted by Crippen LogP contribution is 2.33. The minimum Gasteiger partial charge on any atom is -0.482 e. The molecule has 0 spiro atoms. The molecule has 1 heterocycles. The number of nitrogens with zero attached hydrogens (tertiary/aromatic N) is 1. The van der Waals surface area contributed by atoms with Crippen LogP contribution in [0.5, 0.6) is 5.75 Å². The Hall–Kier alpha value is -2.56. The summed E-state index contributed by atoms with van der Waals surface area (Å²) in [5.41, 5.74) is 0.669. The molecule has 0 aromatic heterocycles. The van der Waals surface area contributed by atoms with Gasteiger partial charge in [0, 0.05) is 22.9 Å². The lowest BCUT2D eigenvalue weighted by Crippen LogP contribution is -2.40. The predicted octanol–water partition coefficient (Wildman–Crippen LogP) is 4.53. The van der Waals surface area contributed by atoms with Gasteiger partial charge in [-0.3, -0.25) is 4.79 Å². The highest BCUT2D eigenvalue weighted by atomic mass is 35.5. The fraction of sp³-hybridized carbons (Fsp3) is 0.208. The molecule has 7 nitrogen and oxygen atoms in total. The van der Waals surface area contributed by atoms with Crippen LogP contribution in [0.25, 0.3) is 0 Å². The first-order valence-corrected chi connectivity index (χ1v) is 13.2. The van der Waals surface area contributed by atoms with Crippen molar-refractivity contribution in [1.29, 1.82) is 0 Å². The molecule has 1 aliphatic rings. The summed E-state index contributed by atoms with van der Waals surface area (Å²) in [7, 11) is -3.67. The van der Waals surface area contributed by atoms with Gasteiger partial charge in [0.15, 0.2) is 6.61 Å². The lowest BCUT2D eigenvalue weighted by atomic mass is 10.3. The number of morpholine rings is 1. The van der Waals surface area contributed by atoms with Gasteiger partial charge in [0.1, 0.15) is 5.75 Å². The van der Waals surface area contributed by atoms with Crippen LogP contribution in [0, 0.1) is 0 Å². The van der Waals surface area contributed by atoms with Gasteiger partial charge in [-0.2, -0.15) is 4.31 Å². The average Bonchev–Trinajstić information content (AvgIpc) is 2.85. The number of rotatable bonds is 8. The first-order chi connectivity index (χ1) is 16.4. The van der Waals surface area contributed by atoms with Crippen molar-refractivity contribution in [3.05, 3.63) is 77.8 Å². The molecule has 3 aromatic rings. The molecule has 1 saturated heterocycles. The van der Waals surface area contributed by atoms with Gasteiger partial charge in [0.25, 0.3) is 5.91 Å². The number of para-hydroxylation sites is 1. The van der Waals surface area contributed by atoms with E-state index in [0.717, 1.165) is 9.79 Å². The summed E-state index contributed by atoms with van der Waals surface area (Å²) in [4.78, 5) is 14.6. The number of benzene rings is 3. The third kappa shape index (κ3) is 6.11. The normalized spacial score (nSPS) is 14.5. The van der Waals surface area contributed by atoms with E-state index in [1.54, 1.807) is 11.8 Å². The van der Waals surface area contributed by atoms with E-state index in [2.05, 4.69) is 5.32 Å². The standard InChI is InChI=1S/C24H23ClN2O5S2/c25-20-16-19(34(29,30)27-12-14-31-15-13-27)10-11-22(20)32-17-24(28)26-21-8-4-5-9-23(21)33-18-6-2-1-3-7-18/h1-11,16H,12-15,17H2,(H,26,28). The maximum Gasteiger partial charge on any atom is 0.262 e. The van der Waals surface area contributed by atoms with Crippen LogP contribution in [0.2, 0.25) is 5.02 Å². The molecular weight excluding hydrogens is 496 g/mol. The van der Waals surface area contributed by atoms with E-state index in [1.165, 1.54) is 22.5 Å². The molecular formula is C24H23ClN2O5S2. The fourth-order valence-electron chi connectivity index (χ4n) is 3.30. The molecule has 34 heavy (non-hydrogen) atoms. The minimum atomic E-state index is -3.67. The van der Waals surface area contributed by atoms with Crippen molar-refractivity contribution in [1.82, 2.24) is 4.31 Å². The zero-order valence-electron chi connectivity index (χ0n) is 18.1. The number of nitrogens with one attached hydrogen (secondary N) is 1. The predicted molar refractivity (Wildman–Crippen MR) is 132 cm³/mol. The Morgan fingerprint density at radius 1 is 1.03 bits per heavy atom. The maximum atomic E-state index is 12.8. The number of carbonyl (C=O) groups is 1. The monoisotopic (exact) mass is 518 g/mol. The van der Waals surface area contributed by atoms with Crippen molar-refractivity contribution in [2.45, 2.75) is 14.7 Å². The smallest absolute Gasteiger partial charge is 0.262 e. The van der Waals surface area contributed by atoms with E-state index < -0.39 is 10.0 Å². The van der Waals surface area contributed by atoms with E-state index >= 15 is 0 Å². The van der Waals surface area contributed by atoms with Crippen molar-refractivity contribution in [3.8, 4) is 5.75 Å². The number of sulfonamides is 1. The third-order valence-electron chi connectivity index (χ3n) is 5.00. The van der Waals surface area contributed by atoms with Gasteiger partial charge in [-0.15, -0.1) is 0 Å². The molecule has 0 unspecified atom stereocenters. The average molecular weight is 519 g/mol. The Labute approximate surface area is 208 Å². The van der Waals surface area contributed by atoms with Gasteiger partial charge in [0.05, 0.1) is 28.8 Å². The lowest BCUT2D eigenvalue weighted by Gasteiger charge is -2.26. The number of amides is 1. The van der Waals surface area contributed by atoms with Crippen molar-refractivity contribution in [2.24, 2.45) is 0 Å². The van der Waals surface area contributed by atoms with E-state index in [1.807, 2.05) is 54.6 Å². The molecule has 0 saturated carbocycles. The minimum absolute atomic E-state index is 0.0723. The maximum absolute atomic E-state index is 12.8. The fourth-order valence-corrected chi connectivity index (χ4v) is 5.96. The summed E-state index contributed by atoms with van der Waals surface area (Å²) in [5, 5.41) is 2.97. The number of anilines is 1. The zero-order chi connectivity index (χ0) is 24.0. The van der Waals surface area contributed by atoms with Gasteiger partial charge in [-0.25, -0.2) is 8.42 Å². The Kier molecular flexibility index (Phi) is 8.12. The van der Waals surface area contributed by atoms with Crippen LogP contribution in [0.3, 0.4) is 0 Å². The Morgan fingerprint density at radius 3 is 2.47 bits per heavy atom. The summed E-state index contributed by atoms with van der Waals surface area (Å²) in [6.07, 6.45) is 0. The van der Waals surface area contributed by atoms with Crippen LogP contribution in [0.15, 0.2) is 87.5 Å². The van der Waals surface area contributed by atoms with Crippen LogP contribution in [-0.4, -0.2) is 51.5 Å². The molecule has 4 rings (SSSR count). The molecule has 0 radical (unpaired) electrons. The molecule has 1 fully saturated rings. The Morgan fingerprint density at radius 2 is 1.74 bits per heavy atom. The second-order valence-electron chi connectivity index (χ2n) is 7.36. The number of hydrogen-bond acceptors (Lipinski definition) is 6. The van der Waals surface area contributed by atoms with E-state index in [0.29, 0.717) is 32.0 Å². The summed E-state index contributed by atoms with van der Waals surface area (Å²) in [6.45, 7) is 1.02. The molecule has 0 aliphatic carbocycles. The highest BCUT2D eigenvalue weighted by molar-refractivity contribution is 7.99. The van der Waals surface area contributed by atoms with E-state index in [4.69, 9.17) is 21.1 Å². The summed E-state index contributed by atoms with van der Waals surface area (Å²) < 4.78 is 37.7. The second kappa shape index (κ2) is 11.2. The molecule has 3 aromatic carbocycles. The lowest BCUT2D eigenvalue weighted by molar-refractivity contribution is -0.118. The van der Waals surface area contributed by atoms with Crippen LogP contribution < -0.4 is 10.1 Å². The second-order valence-corrected chi connectivity index (χ2v) is 10.8. The van der Waals surface area contributed by atoms with Crippen LogP contribution in [0.1, 0.15) is 0 Å². The van der Waals surface area contributed by atoms with E-state index in [-0.39, 0.29) is 28.2 Å². The molecule has 1 amide bonds. The van der Waals surface area contributed by atoms with Crippen molar-refractivity contribution < 1.29 is 22.7 Å². The highest BCUT2D eigenvalue weighted by Gasteiger charge is 2.27. The van der Waals surface area contributed by atoms with Crippen LogP contribution >= 0.6 is 23.4 Å². The summed E-state index contributed by atoms with van der Waals surface area (Å²) in [6, 6.07) is 21.6. The zero-order valence-corrected chi connectivity index (χ0v) is 20.5. The number of ether oxygens (including phenoxy) is 2. The SMILES string of the molecule is O=C(COc1ccc(S(=O)(=O)N2CCOCC2)cc1Cl)Nc1ccccc1Sc1ccccc1. The van der Waals surface area contributed by atoms with Crippen molar-refractivity contribution >= 4 is 45.0 Å². The summed E-state index contributed by atoms with van der Waals surface area (Å²) >= 11 is 7.81. The van der Waals surface area contributed by atoms with Gasteiger partial charge < -0.3 is 14.8 Å². The van der Waals surface area contributed by atoms with Gasteiger partial charge in [-0.1, -0.05) is 53.7 Å². The molecule has 0 atom stereocenters. The van der Waals surface area contributed by atoms with Crippen LogP contribution in [-0.2, 0) is 19.6 Å². The molecule has 1 N–H and O–H groups in total. The van der Waals surface area contributed by atoms with Gasteiger partial charge in [0.2, 0.25) is 10.0 Å².